The Kier molecular flexibility index (Phi) is 4.35. The van der Waals surface area contributed by atoms with Gasteiger partial charge in [0.2, 0.25) is 5.78 Å². The van der Waals surface area contributed by atoms with Crippen molar-refractivity contribution in [2.75, 3.05) is 6.61 Å². The highest BCUT2D eigenvalue weighted by molar-refractivity contribution is 5.95. The number of carbonyl (C=O) groups excluding carboxylic acids is 2. The first-order chi connectivity index (χ1) is 9.56. The minimum atomic E-state index is -0.0645. The van der Waals surface area contributed by atoms with Crippen LogP contribution in [0.5, 0.6) is 5.75 Å². The van der Waals surface area contributed by atoms with Gasteiger partial charge in [-0.1, -0.05) is 12.1 Å². The zero-order valence-corrected chi connectivity index (χ0v) is 11.6. The molecule has 0 saturated carbocycles. The van der Waals surface area contributed by atoms with Crippen molar-refractivity contribution in [3.8, 4) is 5.75 Å². The van der Waals surface area contributed by atoms with Crippen molar-refractivity contribution < 1.29 is 14.3 Å². The minimum Gasteiger partial charge on any atom is -0.485 e. The molecule has 0 unspecified atom stereocenters. The van der Waals surface area contributed by atoms with Gasteiger partial charge in [-0.2, -0.15) is 0 Å². The summed E-state index contributed by atoms with van der Waals surface area (Å²) in [5, 5.41) is 0. The molecule has 0 atom stereocenters. The number of hydrogen-bond donors (Lipinski definition) is 0. The predicted octanol–water partition coefficient (Wildman–Crippen LogP) is 2.42. The van der Waals surface area contributed by atoms with Crippen LogP contribution in [0.1, 0.15) is 23.0 Å². The molecule has 1 heterocycles. The number of nitrogens with zero attached hydrogens (tertiary/aromatic N) is 1. The van der Waals surface area contributed by atoms with Gasteiger partial charge in [-0.25, -0.2) is 0 Å². The fraction of sp³-hybridized carbons (Fsp3) is 0.250. The number of rotatable bonds is 6. The van der Waals surface area contributed by atoms with E-state index in [9.17, 15) is 9.59 Å². The molecule has 0 fully saturated rings. The van der Waals surface area contributed by atoms with Crippen molar-refractivity contribution in [2.24, 2.45) is 7.05 Å². The molecule has 0 aliphatic heterocycles. The smallest absolute Gasteiger partial charge is 0.216 e. The van der Waals surface area contributed by atoms with Crippen LogP contribution in [0, 0.1) is 0 Å². The summed E-state index contributed by atoms with van der Waals surface area (Å²) in [4.78, 5) is 22.9. The van der Waals surface area contributed by atoms with Gasteiger partial charge in [-0.3, -0.25) is 9.59 Å². The van der Waals surface area contributed by atoms with Crippen LogP contribution in [0.15, 0.2) is 42.6 Å². The fourth-order valence-corrected chi connectivity index (χ4v) is 1.96. The van der Waals surface area contributed by atoms with Crippen molar-refractivity contribution in [3.63, 3.8) is 0 Å². The van der Waals surface area contributed by atoms with Crippen molar-refractivity contribution in [2.45, 2.75) is 13.3 Å². The number of carbonyl (C=O) groups is 2. The first-order valence-electron chi connectivity index (χ1n) is 6.42. The average molecular weight is 271 g/mol. The van der Waals surface area contributed by atoms with Crippen LogP contribution in [0.4, 0.5) is 0 Å². The molecule has 0 aliphatic carbocycles. The van der Waals surface area contributed by atoms with E-state index >= 15 is 0 Å². The van der Waals surface area contributed by atoms with Crippen LogP contribution in [0.3, 0.4) is 0 Å². The molecule has 4 heteroatoms. The van der Waals surface area contributed by atoms with Gasteiger partial charge in [-0.05, 0) is 36.8 Å². The third-order valence-corrected chi connectivity index (χ3v) is 2.98. The summed E-state index contributed by atoms with van der Waals surface area (Å²) in [5.41, 5.74) is 1.57. The average Bonchev–Trinajstić information content (AvgIpc) is 2.83. The zero-order chi connectivity index (χ0) is 14.5. The molecule has 2 rings (SSSR count). The summed E-state index contributed by atoms with van der Waals surface area (Å²) < 4.78 is 7.22. The Labute approximate surface area is 118 Å². The van der Waals surface area contributed by atoms with E-state index < -0.39 is 0 Å². The molecule has 0 amide bonds. The number of aryl methyl sites for hydroxylation is 1. The minimum absolute atomic E-state index is 0.00388. The summed E-state index contributed by atoms with van der Waals surface area (Å²) in [6.45, 7) is 1.56. The number of ether oxygens (including phenoxy) is 1. The quantitative estimate of drug-likeness (QED) is 0.758. The molecule has 0 bridgehead atoms. The highest BCUT2D eigenvalue weighted by atomic mass is 16.5. The third kappa shape index (κ3) is 3.57. The molecule has 4 nitrogen and oxygen atoms in total. The SMILES string of the molecule is CC(=O)Cc1ccc(OCC(=O)c2cccn2C)cc1. The molecule has 0 saturated heterocycles. The van der Waals surface area contributed by atoms with E-state index in [0.717, 1.165) is 5.56 Å². The van der Waals surface area contributed by atoms with E-state index in [4.69, 9.17) is 4.74 Å². The molecular weight excluding hydrogens is 254 g/mol. The topological polar surface area (TPSA) is 48.3 Å². The van der Waals surface area contributed by atoms with Crippen molar-refractivity contribution in [1.82, 2.24) is 4.57 Å². The monoisotopic (exact) mass is 271 g/mol. The van der Waals surface area contributed by atoms with Gasteiger partial charge in [0.25, 0.3) is 0 Å². The molecule has 0 aliphatic rings. The van der Waals surface area contributed by atoms with Crippen LogP contribution >= 0.6 is 0 Å². The van der Waals surface area contributed by atoms with Gasteiger partial charge in [-0.15, -0.1) is 0 Å². The number of Topliss-reactive ketones (excluding diaryl/α,β-unsaturated/α-hetero) is 2. The van der Waals surface area contributed by atoms with Gasteiger partial charge >= 0.3 is 0 Å². The van der Waals surface area contributed by atoms with Crippen molar-refractivity contribution in [1.29, 1.82) is 0 Å². The molecule has 0 spiro atoms. The van der Waals surface area contributed by atoms with Crippen LogP contribution in [-0.2, 0) is 18.3 Å². The fourth-order valence-electron chi connectivity index (χ4n) is 1.96. The van der Waals surface area contributed by atoms with Gasteiger partial charge < -0.3 is 9.30 Å². The molecular formula is C16H17NO3. The Morgan fingerprint density at radius 1 is 1.15 bits per heavy atom. The van der Waals surface area contributed by atoms with E-state index in [-0.39, 0.29) is 18.2 Å². The van der Waals surface area contributed by atoms with Gasteiger partial charge in [0.1, 0.15) is 11.5 Å². The van der Waals surface area contributed by atoms with E-state index in [1.54, 1.807) is 29.7 Å². The summed E-state index contributed by atoms with van der Waals surface area (Å²) in [6.07, 6.45) is 2.24. The zero-order valence-electron chi connectivity index (χ0n) is 11.6. The molecule has 104 valence electrons. The van der Waals surface area contributed by atoms with Crippen LogP contribution in [0.25, 0.3) is 0 Å². The second kappa shape index (κ2) is 6.19. The highest BCUT2D eigenvalue weighted by Gasteiger charge is 2.09. The summed E-state index contributed by atoms with van der Waals surface area (Å²) in [7, 11) is 1.82. The second-order valence-corrected chi connectivity index (χ2v) is 4.74. The third-order valence-electron chi connectivity index (χ3n) is 2.98. The van der Waals surface area contributed by atoms with Gasteiger partial charge in [0.05, 0.1) is 5.69 Å². The predicted molar refractivity (Wildman–Crippen MR) is 76.1 cm³/mol. The van der Waals surface area contributed by atoms with Crippen LogP contribution < -0.4 is 4.74 Å². The molecule has 1 aromatic heterocycles. The number of ketones is 2. The molecule has 0 N–H and O–H groups in total. The van der Waals surface area contributed by atoms with E-state index in [1.807, 2.05) is 31.4 Å². The van der Waals surface area contributed by atoms with E-state index in [2.05, 4.69) is 0 Å². The lowest BCUT2D eigenvalue weighted by Gasteiger charge is -2.07. The van der Waals surface area contributed by atoms with Crippen LogP contribution in [-0.4, -0.2) is 22.7 Å². The lowest BCUT2D eigenvalue weighted by Crippen LogP contribution is -2.14. The Morgan fingerprint density at radius 2 is 1.85 bits per heavy atom. The lowest BCUT2D eigenvalue weighted by atomic mass is 10.1. The first-order valence-corrected chi connectivity index (χ1v) is 6.42. The summed E-state index contributed by atoms with van der Waals surface area (Å²) in [5.74, 6) is 0.683. The second-order valence-electron chi connectivity index (χ2n) is 4.74. The van der Waals surface area contributed by atoms with Gasteiger partial charge in [0, 0.05) is 19.7 Å². The van der Waals surface area contributed by atoms with Crippen molar-refractivity contribution >= 4 is 11.6 Å². The maximum absolute atomic E-state index is 11.9. The Morgan fingerprint density at radius 3 is 2.40 bits per heavy atom. The molecule has 2 aromatic rings. The van der Waals surface area contributed by atoms with Gasteiger partial charge in [0.15, 0.2) is 6.61 Å². The first kappa shape index (κ1) is 14.1. The lowest BCUT2D eigenvalue weighted by molar-refractivity contribution is -0.116. The maximum Gasteiger partial charge on any atom is 0.216 e. The molecule has 0 radical (unpaired) electrons. The summed E-state index contributed by atoms with van der Waals surface area (Å²) in [6, 6.07) is 10.8. The Balaban J connectivity index is 1.93. The Hall–Kier alpha value is -2.36. The number of aromatic nitrogens is 1. The van der Waals surface area contributed by atoms with E-state index in [1.165, 1.54) is 0 Å². The standard InChI is InChI=1S/C16H17NO3/c1-12(18)10-13-5-7-14(8-6-13)20-11-16(19)15-4-3-9-17(15)2/h3-9H,10-11H2,1-2H3. The Bertz CT molecular complexity index is 611. The maximum atomic E-state index is 11.9. The number of hydrogen-bond acceptors (Lipinski definition) is 3. The van der Waals surface area contributed by atoms with Crippen LogP contribution in [0.2, 0.25) is 0 Å². The highest BCUT2D eigenvalue weighted by Crippen LogP contribution is 2.13. The largest absolute Gasteiger partial charge is 0.485 e. The van der Waals surface area contributed by atoms with Crippen molar-refractivity contribution in [3.05, 3.63) is 53.9 Å². The molecule has 20 heavy (non-hydrogen) atoms. The molecule has 1 aromatic carbocycles. The number of benzene rings is 1. The normalized spacial score (nSPS) is 10.3. The summed E-state index contributed by atoms with van der Waals surface area (Å²) >= 11 is 0. The van der Waals surface area contributed by atoms with E-state index in [0.29, 0.717) is 17.9 Å².